The Balaban J connectivity index is 3.17. The summed E-state index contributed by atoms with van der Waals surface area (Å²) in [6, 6.07) is 3.65. The fraction of sp³-hybridized carbons (Fsp3) is 0.529. The van der Waals surface area contributed by atoms with E-state index >= 15 is 0 Å². The molecule has 1 rings (SSSR count). The minimum Gasteiger partial charge on any atom is -0.490 e. The Kier molecular flexibility index (Phi) is 7.69. The molecule has 21 heavy (non-hydrogen) atoms. The van der Waals surface area contributed by atoms with Crippen molar-refractivity contribution in [3.05, 3.63) is 30.4 Å². The summed E-state index contributed by atoms with van der Waals surface area (Å²) in [5.41, 5.74) is 0.771. The van der Waals surface area contributed by atoms with Gasteiger partial charge in [0.1, 0.15) is 0 Å². The number of rotatable bonds is 10. The van der Waals surface area contributed by atoms with Crippen molar-refractivity contribution in [2.45, 2.75) is 39.7 Å². The average Bonchev–Trinajstić information content (AvgIpc) is 2.48. The number of allylic oxidation sites excluding steroid dienone is 1. The molecule has 1 unspecified atom stereocenters. The van der Waals surface area contributed by atoms with Crippen LogP contribution in [-0.4, -0.2) is 24.9 Å². The summed E-state index contributed by atoms with van der Waals surface area (Å²) in [6.07, 6.45) is 2.60. The van der Waals surface area contributed by atoms with Crippen LogP contribution in [0.15, 0.2) is 24.8 Å². The normalized spacial score (nSPS) is 11.8. The lowest BCUT2D eigenvalue weighted by atomic mass is 10.0. The number of benzene rings is 1. The Hall–Kier alpha value is -1.68. The second kappa shape index (κ2) is 9.29. The summed E-state index contributed by atoms with van der Waals surface area (Å²) < 4.78 is 16.9. The van der Waals surface area contributed by atoms with Crippen LogP contribution in [0.4, 0.5) is 0 Å². The molecule has 0 bridgehead atoms. The first-order valence-corrected chi connectivity index (χ1v) is 7.53. The van der Waals surface area contributed by atoms with Gasteiger partial charge in [-0.15, -0.1) is 6.58 Å². The highest BCUT2D eigenvalue weighted by molar-refractivity contribution is 5.54. The molecule has 0 aliphatic rings. The highest BCUT2D eigenvalue weighted by Gasteiger charge is 2.18. The molecule has 0 saturated heterocycles. The Labute approximate surface area is 127 Å². The Bertz CT molecular complexity index is 415. The maximum atomic E-state index is 10.3. The summed E-state index contributed by atoms with van der Waals surface area (Å²) in [6.45, 7) is 11.0. The number of hydrogen-bond acceptors (Lipinski definition) is 4. The molecule has 1 atom stereocenters. The monoisotopic (exact) mass is 294 g/mol. The molecule has 0 amide bonds. The van der Waals surface area contributed by atoms with E-state index in [1.807, 2.05) is 32.9 Å². The van der Waals surface area contributed by atoms with Gasteiger partial charge in [0.15, 0.2) is 11.5 Å². The molecule has 1 N–H and O–H groups in total. The van der Waals surface area contributed by atoms with Crippen molar-refractivity contribution in [1.29, 1.82) is 0 Å². The largest absolute Gasteiger partial charge is 0.490 e. The minimum absolute atomic E-state index is 0.526. The predicted molar refractivity (Wildman–Crippen MR) is 84.3 cm³/mol. The zero-order chi connectivity index (χ0) is 15.7. The van der Waals surface area contributed by atoms with Gasteiger partial charge in [-0.25, -0.2) is 0 Å². The van der Waals surface area contributed by atoms with E-state index in [1.54, 1.807) is 6.08 Å². The van der Waals surface area contributed by atoms with Gasteiger partial charge >= 0.3 is 0 Å². The van der Waals surface area contributed by atoms with Crippen LogP contribution in [0.3, 0.4) is 0 Å². The highest BCUT2D eigenvalue weighted by atomic mass is 16.5. The van der Waals surface area contributed by atoms with Gasteiger partial charge in [-0.3, -0.25) is 0 Å². The quantitative estimate of drug-likeness (QED) is 0.665. The van der Waals surface area contributed by atoms with Gasteiger partial charge in [-0.1, -0.05) is 6.08 Å². The molecule has 118 valence electrons. The molecule has 0 heterocycles. The van der Waals surface area contributed by atoms with E-state index in [4.69, 9.17) is 14.2 Å². The summed E-state index contributed by atoms with van der Waals surface area (Å²) in [5.74, 6) is 1.82. The summed E-state index contributed by atoms with van der Waals surface area (Å²) >= 11 is 0. The first-order chi connectivity index (χ1) is 10.2. The van der Waals surface area contributed by atoms with Gasteiger partial charge in [0.05, 0.1) is 25.9 Å². The average molecular weight is 294 g/mol. The van der Waals surface area contributed by atoms with Crippen LogP contribution in [0.25, 0.3) is 0 Å². The molecule has 0 aliphatic heterocycles. The third-order valence-corrected chi connectivity index (χ3v) is 2.96. The first kappa shape index (κ1) is 17.4. The highest BCUT2D eigenvalue weighted by Crippen LogP contribution is 2.41. The Morgan fingerprint density at radius 2 is 1.57 bits per heavy atom. The van der Waals surface area contributed by atoms with Crippen LogP contribution in [0.1, 0.15) is 45.3 Å². The van der Waals surface area contributed by atoms with Gasteiger partial charge in [-0.05, 0) is 51.3 Å². The molecular weight excluding hydrogens is 268 g/mol. The summed E-state index contributed by atoms with van der Waals surface area (Å²) in [7, 11) is 0. The number of ether oxygens (including phenoxy) is 3. The molecule has 1 aromatic rings. The molecular formula is C17H26O4. The summed E-state index contributed by atoms with van der Waals surface area (Å²) in [5, 5.41) is 10.3. The fourth-order valence-corrected chi connectivity index (χ4v) is 2.04. The van der Waals surface area contributed by atoms with Crippen LogP contribution in [0.2, 0.25) is 0 Å². The lowest BCUT2D eigenvalue weighted by Crippen LogP contribution is -2.05. The maximum Gasteiger partial charge on any atom is 0.203 e. The van der Waals surface area contributed by atoms with Crippen molar-refractivity contribution in [2.75, 3.05) is 19.8 Å². The van der Waals surface area contributed by atoms with Crippen molar-refractivity contribution < 1.29 is 19.3 Å². The topological polar surface area (TPSA) is 47.9 Å². The van der Waals surface area contributed by atoms with Crippen LogP contribution in [-0.2, 0) is 0 Å². The second-order valence-corrected chi connectivity index (χ2v) is 4.53. The lowest BCUT2D eigenvalue weighted by molar-refractivity contribution is 0.167. The molecule has 0 aromatic heterocycles. The van der Waals surface area contributed by atoms with E-state index in [0.717, 1.165) is 12.0 Å². The summed E-state index contributed by atoms with van der Waals surface area (Å²) in [4.78, 5) is 0. The van der Waals surface area contributed by atoms with E-state index in [-0.39, 0.29) is 0 Å². The third kappa shape index (κ3) is 4.97. The van der Waals surface area contributed by atoms with E-state index in [2.05, 4.69) is 6.58 Å². The molecule has 1 aromatic carbocycles. The SMILES string of the molecule is C=CCCC(O)c1cc(OCC)c(OCC)c(OCC)c1. The zero-order valence-electron chi connectivity index (χ0n) is 13.2. The zero-order valence-corrected chi connectivity index (χ0v) is 13.2. The van der Waals surface area contributed by atoms with Crippen LogP contribution >= 0.6 is 0 Å². The van der Waals surface area contributed by atoms with Crippen molar-refractivity contribution >= 4 is 0 Å². The standard InChI is InChI=1S/C17H26O4/c1-5-9-10-14(18)13-11-15(19-6-2)17(21-8-4)16(12-13)20-7-3/h5,11-12,14,18H,1,6-10H2,2-4H3. The molecule has 0 fully saturated rings. The molecule has 0 spiro atoms. The number of hydrogen-bond donors (Lipinski definition) is 1. The first-order valence-electron chi connectivity index (χ1n) is 7.53. The van der Waals surface area contributed by atoms with Crippen LogP contribution in [0, 0.1) is 0 Å². The Morgan fingerprint density at radius 3 is 2.00 bits per heavy atom. The van der Waals surface area contributed by atoms with Gasteiger partial charge in [-0.2, -0.15) is 0 Å². The minimum atomic E-state index is -0.572. The van der Waals surface area contributed by atoms with Gasteiger partial charge < -0.3 is 19.3 Å². The van der Waals surface area contributed by atoms with Gasteiger partial charge in [0.25, 0.3) is 0 Å². The van der Waals surface area contributed by atoms with Crippen molar-refractivity contribution in [3.8, 4) is 17.2 Å². The molecule has 0 saturated carbocycles. The number of aliphatic hydroxyl groups is 1. The van der Waals surface area contributed by atoms with Crippen LogP contribution in [0.5, 0.6) is 17.2 Å². The smallest absolute Gasteiger partial charge is 0.203 e. The van der Waals surface area contributed by atoms with Crippen molar-refractivity contribution in [3.63, 3.8) is 0 Å². The van der Waals surface area contributed by atoms with Crippen molar-refractivity contribution in [2.24, 2.45) is 0 Å². The Morgan fingerprint density at radius 1 is 1.05 bits per heavy atom. The molecule has 0 aliphatic carbocycles. The molecule has 4 nitrogen and oxygen atoms in total. The van der Waals surface area contributed by atoms with E-state index in [9.17, 15) is 5.11 Å². The lowest BCUT2D eigenvalue weighted by Gasteiger charge is -2.19. The van der Waals surface area contributed by atoms with Gasteiger partial charge in [0.2, 0.25) is 5.75 Å². The predicted octanol–water partition coefficient (Wildman–Crippen LogP) is 3.88. The van der Waals surface area contributed by atoms with E-state index in [1.165, 1.54) is 0 Å². The maximum absolute atomic E-state index is 10.3. The number of aliphatic hydroxyl groups excluding tert-OH is 1. The molecule has 4 heteroatoms. The fourth-order valence-electron chi connectivity index (χ4n) is 2.04. The van der Waals surface area contributed by atoms with Crippen LogP contribution < -0.4 is 14.2 Å². The second-order valence-electron chi connectivity index (χ2n) is 4.53. The third-order valence-electron chi connectivity index (χ3n) is 2.96. The van der Waals surface area contributed by atoms with E-state index in [0.29, 0.717) is 43.5 Å². The van der Waals surface area contributed by atoms with E-state index < -0.39 is 6.10 Å². The molecule has 0 radical (unpaired) electrons. The van der Waals surface area contributed by atoms with Gasteiger partial charge in [0, 0.05) is 0 Å². The van der Waals surface area contributed by atoms with Crippen molar-refractivity contribution in [1.82, 2.24) is 0 Å².